The van der Waals surface area contributed by atoms with E-state index in [-0.39, 0.29) is 63.1 Å². The third-order valence-corrected chi connectivity index (χ3v) is 22.3. The van der Waals surface area contributed by atoms with E-state index in [0.717, 1.165) is 0 Å². The number of carbonyl (C=O) groups is 12. The van der Waals surface area contributed by atoms with Crippen molar-refractivity contribution in [3.8, 4) is 11.5 Å². The molecule has 3 saturated heterocycles. The molecule has 624 valence electrons. The van der Waals surface area contributed by atoms with E-state index in [9.17, 15) is 39.0 Å². The van der Waals surface area contributed by atoms with Crippen molar-refractivity contribution in [1.29, 1.82) is 0 Å². The summed E-state index contributed by atoms with van der Waals surface area (Å²) >= 11 is 0. The van der Waals surface area contributed by atoms with Crippen LogP contribution < -0.4 is 53.2 Å². The Balaban J connectivity index is 0.733. The molecular formula is C96H96N12O14. The zero-order valence-electron chi connectivity index (χ0n) is 67.2. The summed E-state index contributed by atoms with van der Waals surface area (Å²) in [4.78, 5) is 179. The largest absolute Gasteiger partial charge is 0.508 e. The Bertz CT molecular complexity index is 4810. The van der Waals surface area contributed by atoms with Crippen molar-refractivity contribution >= 4 is 70.9 Å². The number of benzene rings is 10. The Morgan fingerprint density at radius 1 is 0.311 bits per heavy atom. The van der Waals surface area contributed by atoms with Crippen molar-refractivity contribution in [3.05, 3.63) is 347 Å². The molecule has 0 radical (unpaired) electrons. The number of nitrogens with one attached hydrogen (secondary N) is 10. The molecule has 12 N–H and O–H groups in total. The molecule has 0 aromatic heterocycles. The fourth-order valence-corrected chi connectivity index (χ4v) is 16.5. The monoisotopic (exact) mass is 1640 g/mol. The first-order valence-corrected chi connectivity index (χ1v) is 40.6. The van der Waals surface area contributed by atoms with Crippen LogP contribution in [0.25, 0.3) is 0 Å². The highest BCUT2D eigenvalue weighted by molar-refractivity contribution is 6.01. The van der Waals surface area contributed by atoms with Gasteiger partial charge in [-0.15, -0.1) is 0 Å². The van der Waals surface area contributed by atoms with Gasteiger partial charge in [-0.1, -0.05) is 267 Å². The second-order valence-corrected chi connectivity index (χ2v) is 31.0. The van der Waals surface area contributed by atoms with Gasteiger partial charge in [0.2, 0.25) is 70.9 Å². The Labute approximate surface area is 706 Å². The number of piperazine rings is 1. The maximum absolute atomic E-state index is 15.4. The molecule has 3 aliphatic rings. The number of phenols is 2. The summed E-state index contributed by atoms with van der Waals surface area (Å²) < 4.78 is 0. The zero-order valence-corrected chi connectivity index (χ0v) is 67.2. The molecular weight excluding hydrogens is 1550 g/mol. The van der Waals surface area contributed by atoms with Crippen LogP contribution in [0.3, 0.4) is 0 Å². The minimum absolute atomic E-state index is 0.0100. The Hall–Kier alpha value is -14.6. The van der Waals surface area contributed by atoms with E-state index in [1.54, 1.807) is 84.9 Å². The van der Waals surface area contributed by atoms with Crippen LogP contribution in [0.15, 0.2) is 291 Å². The van der Waals surface area contributed by atoms with E-state index < -0.39 is 155 Å². The first-order chi connectivity index (χ1) is 59.0. The van der Waals surface area contributed by atoms with Gasteiger partial charge in [0, 0.05) is 64.7 Å². The molecule has 10 atom stereocenters. The molecule has 0 aliphatic carbocycles. The molecule has 12 amide bonds. The summed E-state index contributed by atoms with van der Waals surface area (Å²) in [6.45, 7) is 2.15. The van der Waals surface area contributed by atoms with Crippen molar-refractivity contribution in [1.82, 2.24) is 63.0 Å². The molecule has 0 bridgehead atoms. The Morgan fingerprint density at radius 3 is 0.803 bits per heavy atom. The van der Waals surface area contributed by atoms with Crippen LogP contribution in [0.1, 0.15) is 95.2 Å². The lowest BCUT2D eigenvalue weighted by Gasteiger charge is -2.38. The molecule has 13 rings (SSSR count). The van der Waals surface area contributed by atoms with Crippen molar-refractivity contribution in [2.24, 2.45) is 0 Å². The number of phenolic OH excluding ortho intramolecular Hbond substituents is 2. The lowest BCUT2D eigenvalue weighted by atomic mass is 9.77. The number of fused-ring (bicyclic) bond motifs is 2. The number of hydrogen-bond acceptors (Lipinski definition) is 14. The van der Waals surface area contributed by atoms with Crippen LogP contribution in [-0.2, 0) is 94.3 Å². The van der Waals surface area contributed by atoms with Crippen LogP contribution in [0, 0.1) is 0 Å². The average Bonchev–Trinajstić information content (AvgIpc) is 1.59. The van der Waals surface area contributed by atoms with Gasteiger partial charge in [-0.25, -0.2) is 0 Å². The lowest BCUT2D eigenvalue weighted by Crippen LogP contribution is -2.60. The number of carbonyl (C=O) groups excluding carboxylic acids is 12. The second kappa shape index (κ2) is 39.3. The van der Waals surface area contributed by atoms with E-state index in [1.807, 2.05) is 182 Å². The highest BCUT2D eigenvalue weighted by atomic mass is 16.3. The van der Waals surface area contributed by atoms with E-state index in [2.05, 4.69) is 53.2 Å². The quantitative estimate of drug-likeness (QED) is 0.0192. The summed E-state index contributed by atoms with van der Waals surface area (Å²) in [6.07, 6.45) is -2.03. The summed E-state index contributed by atoms with van der Waals surface area (Å²) in [5.41, 5.74) is 3.51. The molecule has 10 aromatic carbocycles. The predicted octanol–water partition coefficient (Wildman–Crippen LogP) is 6.50. The third kappa shape index (κ3) is 20.7. The zero-order chi connectivity index (χ0) is 85.9. The molecule has 3 fully saturated rings. The van der Waals surface area contributed by atoms with Gasteiger partial charge in [0.05, 0.1) is 12.8 Å². The van der Waals surface area contributed by atoms with E-state index in [0.29, 0.717) is 55.6 Å². The highest BCUT2D eigenvalue weighted by Crippen LogP contribution is 2.40. The number of rotatable bonds is 34. The molecule has 10 aromatic rings. The third-order valence-electron chi connectivity index (χ3n) is 22.3. The maximum Gasteiger partial charge on any atom is 0.246 e. The molecule has 26 heteroatoms. The van der Waals surface area contributed by atoms with Gasteiger partial charge < -0.3 is 73.2 Å². The van der Waals surface area contributed by atoms with Crippen molar-refractivity contribution in [2.45, 2.75) is 137 Å². The molecule has 0 saturated carbocycles. The molecule has 3 heterocycles. The summed E-state index contributed by atoms with van der Waals surface area (Å²) in [5.74, 6) is -8.79. The van der Waals surface area contributed by atoms with Gasteiger partial charge >= 0.3 is 0 Å². The minimum Gasteiger partial charge on any atom is -0.508 e. The minimum atomic E-state index is -1.72. The van der Waals surface area contributed by atoms with Gasteiger partial charge in [0.1, 0.15) is 70.9 Å². The van der Waals surface area contributed by atoms with Crippen molar-refractivity contribution < 1.29 is 67.7 Å². The van der Waals surface area contributed by atoms with E-state index in [1.165, 1.54) is 47.9 Å². The number of amides is 12. The first kappa shape index (κ1) is 85.3. The second-order valence-electron chi connectivity index (χ2n) is 31.0. The predicted molar refractivity (Wildman–Crippen MR) is 455 cm³/mol. The Morgan fingerprint density at radius 2 is 0.541 bits per heavy atom. The lowest BCUT2D eigenvalue weighted by molar-refractivity contribution is -0.156. The van der Waals surface area contributed by atoms with Gasteiger partial charge in [0.15, 0.2) is 0 Å². The fraction of sp³-hybridized carbons (Fsp3) is 0.250. The molecule has 122 heavy (non-hydrogen) atoms. The average molecular weight is 1640 g/mol. The first-order valence-electron chi connectivity index (χ1n) is 40.6. The normalized spacial score (nSPS) is 16.9. The molecule has 26 nitrogen and oxygen atoms in total. The summed E-state index contributed by atoms with van der Waals surface area (Å²) in [7, 11) is 0. The van der Waals surface area contributed by atoms with Gasteiger partial charge in [-0.3, -0.25) is 57.5 Å². The SMILES string of the molecule is CC(=O)N[C@@H](Cc1ccccc1)C(=O)N[C@@H](CC(=O)NC(c1ccccc1)(c1ccccc1)c1ccccc1)C(=O)N[C@@H](Cc1ccc(O)cc1)C(=O)N[C@H]1C[C@H]2C(=O)N3C[C@@H](NC(=O)[C@H](Cc4ccc(O)cc4)NC(=O)[C@H](CC(=O)NC(c4ccccc4)(c4ccccc4)c4ccccc4)NC(=O)[C@H](Cc4ccccc4)NC(C)=O)C[C@H]3C(=O)N2C1. The van der Waals surface area contributed by atoms with Crippen LogP contribution in [0.5, 0.6) is 11.5 Å². The smallest absolute Gasteiger partial charge is 0.246 e. The fourth-order valence-electron chi connectivity index (χ4n) is 16.5. The Kier molecular flexibility index (Phi) is 27.5. The van der Waals surface area contributed by atoms with Crippen LogP contribution in [-0.4, -0.2) is 164 Å². The molecule has 0 spiro atoms. The van der Waals surface area contributed by atoms with Crippen LogP contribution in [0.4, 0.5) is 0 Å². The van der Waals surface area contributed by atoms with Crippen LogP contribution >= 0.6 is 0 Å². The van der Waals surface area contributed by atoms with Crippen molar-refractivity contribution in [3.63, 3.8) is 0 Å². The molecule has 3 aliphatic heterocycles. The van der Waals surface area contributed by atoms with Gasteiger partial charge in [-0.05, 0) is 92.7 Å². The summed E-state index contributed by atoms with van der Waals surface area (Å²) in [5, 5.41) is 49.7. The van der Waals surface area contributed by atoms with Crippen LogP contribution in [0.2, 0.25) is 0 Å². The van der Waals surface area contributed by atoms with E-state index >= 15 is 28.8 Å². The van der Waals surface area contributed by atoms with Crippen molar-refractivity contribution in [2.75, 3.05) is 13.1 Å². The number of nitrogens with zero attached hydrogens (tertiary/aromatic N) is 2. The van der Waals surface area contributed by atoms with Gasteiger partial charge in [0.25, 0.3) is 0 Å². The standard InChI is InChI=1S/C96H96N12O14/c1-61(109)97-77(51-63-27-11-3-12-28-63)89(117)103-81(57-85(113)105-95(67-31-15-5-16-32-67,68-33-17-6-18-34-68)69-35-19-7-20-36-69)91(119)101-79(53-65-43-47-75(111)48-44-65)87(115)99-73-55-83-93(121)108-60-74(56-84(108)94(122)107(83)59-73)100-88(116)80(54-66-45-49-76(112)50-46-66)102-92(120)82(104-90(118)78(98-62(2)110)52-64-29-13-4-14-30-64)58-86(114)106-96(70-37-21-8-22-38-70,71-39-23-9-24-40-71)72-41-25-10-26-42-72/h3-50,73-74,77-84,111-112H,51-60H2,1-2H3,(H,97,109)(H,98,110)(H,99,115)(H,100,116)(H,101,119)(H,102,120)(H,103,117)(H,104,118)(H,105,113)(H,106,114)/t73-,74-,77-,78-,79-,80-,81-,82-,83-,84-/m0/s1. The number of hydrogen-bond donors (Lipinski definition) is 12. The number of aromatic hydroxyl groups is 2. The maximum atomic E-state index is 15.4. The summed E-state index contributed by atoms with van der Waals surface area (Å²) in [6, 6.07) is 71.9. The topological polar surface area (TPSA) is 372 Å². The van der Waals surface area contributed by atoms with Gasteiger partial charge in [-0.2, -0.15) is 0 Å². The van der Waals surface area contributed by atoms with E-state index in [4.69, 9.17) is 0 Å². The molecule has 0 unspecified atom stereocenters. The highest BCUT2D eigenvalue weighted by Gasteiger charge is 2.55.